The van der Waals surface area contributed by atoms with Crippen LogP contribution in [0.25, 0.3) is 0 Å². The second-order valence-electron chi connectivity index (χ2n) is 6.77. The number of rotatable bonds is 3. The minimum absolute atomic E-state index is 0.0440. The molecular formula is C18H21N3O4. The summed E-state index contributed by atoms with van der Waals surface area (Å²) in [6, 6.07) is 7.27. The maximum atomic E-state index is 12.6. The third-order valence-corrected chi connectivity index (χ3v) is 4.77. The summed E-state index contributed by atoms with van der Waals surface area (Å²) < 4.78 is 17.1. The smallest absolute Gasteiger partial charge is 0.292 e. The van der Waals surface area contributed by atoms with Crippen LogP contribution >= 0.6 is 0 Å². The number of nitrogens with zero attached hydrogens (tertiary/aromatic N) is 3. The third kappa shape index (κ3) is 3.37. The number of aryl methyl sites for hydroxylation is 1. The van der Waals surface area contributed by atoms with Crippen molar-refractivity contribution in [2.75, 3.05) is 19.7 Å². The van der Waals surface area contributed by atoms with Crippen molar-refractivity contribution >= 4 is 5.91 Å². The van der Waals surface area contributed by atoms with Crippen molar-refractivity contribution in [1.29, 1.82) is 0 Å². The van der Waals surface area contributed by atoms with E-state index >= 15 is 0 Å². The molecule has 25 heavy (non-hydrogen) atoms. The van der Waals surface area contributed by atoms with E-state index in [1.807, 2.05) is 18.2 Å². The number of carbonyl (C=O) groups excluding carboxylic acids is 1. The van der Waals surface area contributed by atoms with Gasteiger partial charge in [-0.2, -0.15) is 0 Å². The zero-order chi connectivity index (χ0) is 17.3. The molecular weight excluding hydrogens is 322 g/mol. The number of amides is 1. The van der Waals surface area contributed by atoms with Crippen LogP contribution < -0.4 is 4.74 Å². The lowest BCUT2D eigenvalue weighted by molar-refractivity contribution is -0.0460. The standard InChI is InChI=1S/C18H21N3O4/c1-13-9-15(25-20-13)17(22)21-8-4-6-18(12-21)10-14(11-23-18)24-16-5-2-3-7-19-16/h2-3,5,7,9,14H,4,6,8,10-12H2,1H3/t14-,18-/m0/s1. The SMILES string of the molecule is Cc1cc(C(=O)N2CCC[C@]3(C[C@H](Oc4ccccn4)CO3)C2)on1. The molecule has 7 nitrogen and oxygen atoms in total. The molecule has 0 radical (unpaired) electrons. The molecule has 1 amide bonds. The highest BCUT2D eigenvalue weighted by atomic mass is 16.6. The Bertz CT molecular complexity index is 748. The van der Waals surface area contributed by atoms with Crippen molar-refractivity contribution in [3.63, 3.8) is 0 Å². The van der Waals surface area contributed by atoms with Gasteiger partial charge < -0.3 is 18.9 Å². The second-order valence-corrected chi connectivity index (χ2v) is 6.77. The summed E-state index contributed by atoms with van der Waals surface area (Å²) in [6.07, 6.45) is 4.24. The van der Waals surface area contributed by atoms with Gasteiger partial charge in [0.05, 0.1) is 24.4 Å². The van der Waals surface area contributed by atoms with Crippen LogP contribution in [-0.4, -0.2) is 52.3 Å². The molecule has 0 unspecified atom stereocenters. The molecule has 132 valence electrons. The Labute approximate surface area is 145 Å². The highest BCUT2D eigenvalue weighted by molar-refractivity contribution is 5.91. The summed E-state index contributed by atoms with van der Waals surface area (Å²) in [5.41, 5.74) is 0.360. The van der Waals surface area contributed by atoms with E-state index in [-0.39, 0.29) is 23.4 Å². The van der Waals surface area contributed by atoms with E-state index in [9.17, 15) is 4.79 Å². The van der Waals surface area contributed by atoms with Gasteiger partial charge in [0.25, 0.3) is 5.91 Å². The fourth-order valence-corrected chi connectivity index (χ4v) is 3.64. The number of hydrogen-bond donors (Lipinski definition) is 0. The molecule has 0 saturated carbocycles. The molecule has 0 bridgehead atoms. The van der Waals surface area contributed by atoms with Crippen molar-refractivity contribution in [1.82, 2.24) is 15.0 Å². The van der Waals surface area contributed by atoms with E-state index in [0.29, 0.717) is 31.3 Å². The van der Waals surface area contributed by atoms with Gasteiger partial charge >= 0.3 is 0 Å². The second kappa shape index (κ2) is 6.48. The first-order valence-corrected chi connectivity index (χ1v) is 8.58. The highest BCUT2D eigenvalue weighted by Gasteiger charge is 2.46. The minimum Gasteiger partial charge on any atom is -0.472 e. The monoisotopic (exact) mass is 343 g/mol. The molecule has 7 heteroatoms. The Kier molecular flexibility index (Phi) is 4.17. The van der Waals surface area contributed by atoms with Crippen LogP contribution in [0.5, 0.6) is 5.88 Å². The largest absolute Gasteiger partial charge is 0.472 e. The summed E-state index contributed by atoms with van der Waals surface area (Å²) in [5, 5.41) is 3.80. The van der Waals surface area contributed by atoms with Crippen LogP contribution in [0.15, 0.2) is 35.0 Å². The Balaban J connectivity index is 1.41. The van der Waals surface area contributed by atoms with Gasteiger partial charge in [0, 0.05) is 31.3 Å². The Morgan fingerprint density at radius 2 is 2.36 bits per heavy atom. The number of ether oxygens (including phenoxy) is 2. The molecule has 0 N–H and O–H groups in total. The number of pyridine rings is 1. The van der Waals surface area contributed by atoms with Crippen LogP contribution in [0.4, 0.5) is 0 Å². The lowest BCUT2D eigenvalue weighted by Gasteiger charge is -2.39. The van der Waals surface area contributed by atoms with E-state index in [2.05, 4.69) is 10.1 Å². The molecule has 4 rings (SSSR count). The lowest BCUT2D eigenvalue weighted by atomic mass is 9.89. The summed E-state index contributed by atoms with van der Waals surface area (Å²) >= 11 is 0. The topological polar surface area (TPSA) is 77.7 Å². The molecule has 1 spiro atoms. The zero-order valence-corrected chi connectivity index (χ0v) is 14.2. The molecule has 2 aliphatic heterocycles. The van der Waals surface area contributed by atoms with E-state index in [1.165, 1.54) is 0 Å². The van der Waals surface area contributed by atoms with Crippen molar-refractivity contribution in [3.05, 3.63) is 41.9 Å². The average Bonchev–Trinajstić information content (AvgIpc) is 3.22. The maximum Gasteiger partial charge on any atom is 0.292 e. The van der Waals surface area contributed by atoms with Gasteiger partial charge in [0.2, 0.25) is 11.6 Å². The molecule has 2 aliphatic rings. The van der Waals surface area contributed by atoms with Crippen molar-refractivity contribution in [3.8, 4) is 5.88 Å². The molecule has 0 aromatic carbocycles. The molecule has 2 saturated heterocycles. The third-order valence-electron chi connectivity index (χ3n) is 4.77. The Hall–Kier alpha value is -2.41. The number of aromatic nitrogens is 2. The number of carbonyl (C=O) groups is 1. The molecule has 2 atom stereocenters. The molecule has 2 aromatic rings. The van der Waals surface area contributed by atoms with Gasteiger partial charge in [0.15, 0.2) is 0 Å². The molecule has 0 aliphatic carbocycles. The van der Waals surface area contributed by atoms with E-state index < -0.39 is 0 Å². The summed E-state index contributed by atoms with van der Waals surface area (Å²) in [4.78, 5) is 18.6. The molecule has 2 fully saturated rings. The van der Waals surface area contributed by atoms with Crippen molar-refractivity contribution in [2.45, 2.75) is 37.9 Å². The number of piperidine rings is 1. The van der Waals surface area contributed by atoms with Crippen molar-refractivity contribution in [2.24, 2.45) is 0 Å². The highest BCUT2D eigenvalue weighted by Crippen LogP contribution is 2.36. The minimum atomic E-state index is -0.345. The van der Waals surface area contributed by atoms with Crippen molar-refractivity contribution < 1.29 is 18.8 Å². The van der Waals surface area contributed by atoms with Gasteiger partial charge in [0.1, 0.15) is 6.10 Å². The Morgan fingerprint density at radius 1 is 1.44 bits per heavy atom. The molecule has 4 heterocycles. The van der Waals surface area contributed by atoms with E-state index in [4.69, 9.17) is 14.0 Å². The van der Waals surface area contributed by atoms with Gasteiger partial charge in [-0.15, -0.1) is 0 Å². The fourth-order valence-electron chi connectivity index (χ4n) is 3.64. The Morgan fingerprint density at radius 3 is 3.12 bits per heavy atom. The van der Waals surface area contributed by atoms with Crippen LogP contribution in [0, 0.1) is 6.92 Å². The number of hydrogen-bond acceptors (Lipinski definition) is 6. The summed E-state index contributed by atoms with van der Waals surface area (Å²) in [5.74, 6) is 0.764. The van der Waals surface area contributed by atoms with Gasteiger partial charge in [-0.3, -0.25) is 4.79 Å². The first-order valence-electron chi connectivity index (χ1n) is 8.58. The first kappa shape index (κ1) is 16.1. The predicted octanol–water partition coefficient (Wildman–Crippen LogP) is 2.22. The van der Waals surface area contributed by atoms with Gasteiger partial charge in [-0.25, -0.2) is 4.98 Å². The van der Waals surface area contributed by atoms with Crippen LogP contribution in [0.1, 0.15) is 35.5 Å². The van der Waals surface area contributed by atoms with E-state index in [1.54, 1.807) is 24.1 Å². The van der Waals surface area contributed by atoms with E-state index in [0.717, 1.165) is 19.3 Å². The predicted molar refractivity (Wildman–Crippen MR) is 88.3 cm³/mol. The normalized spacial score (nSPS) is 26.1. The van der Waals surface area contributed by atoms with Gasteiger partial charge in [-0.05, 0) is 25.8 Å². The quantitative estimate of drug-likeness (QED) is 0.850. The van der Waals surface area contributed by atoms with Crippen LogP contribution in [0.3, 0.4) is 0 Å². The molecule has 2 aromatic heterocycles. The summed E-state index contributed by atoms with van der Waals surface area (Å²) in [7, 11) is 0. The number of likely N-dealkylation sites (tertiary alicyclic amines) is 1. The summed E-state index contributed by atoms with van der Waals surface area (Å²) in [6.45, 7) is 3.57. The van der Waals surface area contributed by atoms with Crippen LogP contribution in [-0.2, 0) is 4.74 Å². The lowest BCUT2D eigenvalue weighted by Crippen LogP contribution is -2.50. The fraction of sp³-hybridized carbons (Fsp3) is 0.500. The van der Waals surface area contributed by atoms with Crippen LogP contribution in [0.2, 0.25) is 0 Å². The van der Waals surface area contributed by atoms with Gasteiger partial charge in [-0.1, -0.05) is 11.2 Å². The first-order chi connectivity index (χ1) is 12.1. The average molecular weight is 343 g/mol. The maximum absolute atomic E-state index is 12.6. The zero-order valence-electron chi connectivity index (χ0n) is 14.2.